The van der Waals surface area contributed by atoms with Gasteiger partial charge in [-0.05, 0) is 36.8 Å². The molecule has 1 aliphatic heterocycles. The largest absolute Gasteiger partial charge is 0.339 e. The van der Waals surface area contributed by atoms with E-state index < -0.39 is 5.41 Å². The van der Waals surface area contributed by atoms with Crippen molar-refractivity contribution < 1.29 is 9.59 Å². The van der Waals surface area contributed by atoms with E-state index in [0.717, 1.165) is 33.4 Å². The second kappa shape index (κ2) is 7.98. The Hall–Kier alpha value is -1.92. The Morgan fingerprint density at radius 1 is 1.07 bits per heavy atom. The van der Waals surface area contributed by atoms with E-state index in [1.54, 1.807) is 11.3 Å². The highest BCUT2D eigenvalue weighted by molar-refractivity contribution is 7.21. The highest BCUT2D eigenvalue weighted by Gasteiger charge is 2.38. The van der Waals surface area contributed by atoms with E-state index in [4.69, 9.17) is 5.73 Å². The topological polar surface area (TPSA) is 66.6 Å². The third-order valence-corrected chi connectivity index (χ3v) is 7.35. The van der Waals surface area contributed by atoms with Crippen LogP contribution in [0.25, 0.3) is 10.1 Å². The van der Waals surface area contributed by atoms with Crippen molar-refractivity contribution >= 4 is 33.2 Å². The predicted molar refractivity (Wildman–Crippen MR) is 111 cm³/mol. The van der Waals surface area contributed by atoms with E-state index in [-0.39, 0.29) is 11.8 Å². The van der Waals surface area contributed by atoms with Crippen molar-refractivity contribution in [3.8, 4) is 0 Å². The van der Waals surface area contributed by atoms with Gasteiger partial charge in [-0.1, -0.05) is 32.0 Å². The first kappa shape index (κ1) is 19.8. The minimum atomic E-state index is -0.464. The summed E-state index contributed by atoms with van der Waals surface area (Å²) in [7, 11) is 0. The predicted octanol–water partition coefficient (Wildman–Crippen LogP) is 3.26. The van der Waals surface area contributed by atoms with Crippen LogP contribution in [-0.4, -0.2) is 54.3 Å². The van der Waals surface area contributed by atoms with E-state index >= 15 is 0 Å². The zero-order valence-electron chi connectivity index (χ0n) is 16.5. The van der Waals surface area contributed by atoms with Gasteiger partial charge in [0.2, 0.25) is 5.91 Å². The molecule has 1 fully saturated rings. The molecule has 27 heavy (non-hydrogen) atoms. The maximum Gasteiger partial charge on any atom is 0.264 e. The third kappa shape index (κ3) is 3.48. The fourth-order valence-electron chi connectivity index (χ4n) is 3.90. The van der Waals surface area contributed by atoms with Crippen molar-refractivity contribution in [2.24, 2.45) is 11.1 Å². The number of carbonyl (C=O) groups excluding carboxylic acids is 2. The number of benzene rings is 1. The molecule has 2 heterocycles. The summed E-state index contributed by atoms with van der Waals surface area (Å²) in [5.74, 6) is 0.219. The molecule has 2 aromatic rings. The number of nitrogens with zero attached hydrogens (tertiary/aromatic N) is 2. The van der Waals surface area contributed by atoms with Crippen LogP contribution < -0.4 is 5.73 Å². The lowest BCUT2D eigenvalue weighted by Crippen LogP contribution is -2.55. The quantitative estimate of drug-likeness (QED) is 0.856. The Bertz CT molecular complexity index is 825. The highest BCUT2D eigenvalue weighted by Crippen LogP contribution is 2.32. The van der Waals surface area contributed by atoms with Crippen molar-refractivity contribution in [2.45, 2.75) is 33.6 Å². The van der Waals surface area contributed by atoms with E-state index in [2.05, 4.69) is 12.1 Å². The van der Waals surface area contributed by atoms with Crippen LogP contribution >= 0.6 is 11.3 Å². The summed E-state index contributed by atoms with van der Waals surface area (Å²) in [6.07, 6.45) is 1.50. The molecule has 1 aromatic heterocycles. The van der Waals surface area contributed by atoms with Crippen molar-refractivity contribution in [1.82, 2.24) is 9.80 Å². The number of fused-ring (bicyclic) bond motifs is 1. The molecule has 1 aliphatic rings. The van der Waals surface area contributed by atoms with Gasteiger partial charge in [-0.2, -0.15) is 0 Å². The second-order valence-electron chi connectivity index (χ2n) is 7.33. The van der Waals surface area contributed by atoms with Gasteiger partial charge in [0, 0.05) is 37.4 Å². The molecule has 0 unspecified atom stereocenters. The third-order valence-electron chi connectivity index (χ3n) is 6.09. The molecular weight excluding hydrogens is 358 g/mol. The molecule has 0 atom stereocenters. The van der Waals surface area contributed by atoms with Crippen molar-refractivity contribution in [3.63, 3.8) is 0 Å². The Kier molecular flexibility index (Phi) is 5.86. The standard InChI is InChI=1S/C21H29N3O2S/c1-4-21(5-2,14-22)20(26)24-12-10-23(11-13-24)19(25)18-15(3)16-8-6-7-9-17(16)27-18/h6-9H,4-5,10-14,22H2,1-3H3. The number of carbonyl (C=O) groups is 2. The summed E-state index contributed by atoms with van der Waals surface area (Å²) in [5.41, 5.74) is 6.52. The summed E-state index contributed by atoms with van der Waals surface area (Å²) in [5, 5.41) is 1.15. The van der Waals surface area contributed by atoms with Crippen LogP contribution in [0.4, 0.5) is 0 Å². The van der Waals surface area contributed by atoms with Crippen LogP contribution in [-0.2, 0) is 4.79 Å². The normalized spacial score (nSPS) is 15.4. The van der Waals surface area contributed by atoms with Crippen LogP contribution in [0.5, 0.6) is 0 Å². The van der Waals surface area contributed by atoms with E-state index in [1.165, 1.54) is 0 Å². The molecular formula is C21H29N3O2S. The molecule has 0 bridgehead atoms. The molecule has 0 radical (unpaired) electrons. The zero-order valence-corrected chi connectivity index (χ0v) is 17.3. The Labute approximate surface area is 165 Å². The highest BCUT2D eigenvalue weighted by atomic mass is 32.1. The van der Waals surface area contributed by atoms with Crippen LogP contribution in [0.1, 0.15) is 41.9 Å². The Morgan fingerprint density at radius 2 is 1.67 bits per heavy atom. The number of hydrogen-bond acceptors (Lipinski definition) is 4. The van der Waals surface area contributed by atoms with Crippen LogP contribution in [0.3, 0.4) is 0 Å². The molecule has 0 saturated carbocycles. The van der Waals surface area contributed by atoms with E-state index in [0.29, 0.717) is 32.7 Å². The van der Waals surface area contributed by atoms with Crippen molar-refractivity contribution in [2.75, 3.05) is 32.7 Å². The minimum absolute atomic E-state index is 0.0804. The monoisotopic (exact) mass is 387 g/mol. The van der Waals surface area contributed by atoms with Gasteiger partial charge in [0.25, 0.3) is 5.91 Å². The molecule has 0 spiro atoms. The van der Waals surface area contributed by atoms with Gasteiger partial charge >= 0.3 is 0 Å². The van der Waals surface area contributed by atoms with E-state index in [1.807, 2.05) is 42.7 Å². The maximum atomic E-state index is 13.0. The van der Waals surface area contributed by atoms with Gasteiger partial charge < -0.3 is 15.5 Å². The van der Waals surface area contributed by atoms with Crippen molar-refractivity contribution in [1.29, 1.82) is 0 Å². The first-order valence-electron chi connectivity index (χ1n) is 9.74. The fraction of sp³-hybridized carbons (Fsp3) is 0.524. The molecule has 6 heteroatoms. The van der Waals surface area contributed by atoms with E-state index in [9.17, 15) is 9.59 Å². The molecule has 5 nitrogen and oxygen atoms in total. The first-order chi connectivity index (χ1) is 13.0. The lowest BCUT2D eigenvalue weighted by Gasteiger charge is -2.40. The number of rotatable bonds is 5. The summed E-state index contributed by atoms with van der Waals surface area (Å²) in [4.78, 5) is 30.6. The summed E-state index contributed by atoms with van der Waals surface area (Å²) in [6.45, 7) is 8.75. The molecule has 1 aromatic carbocycles. The maximum absolute atomic E-state index is 13.0. The van der Waals surface area contributed by atoms with Gasteiger partial charge in [0.15, 0.2) is 0 Å². The first-order valence-corrected chi connectivity index (χ1v) is 10.6. The minimum Gasteiger partial charge on any atom is -0.339 e. The zero-order chi connectivity index (χ0) is 19.6. The number of nitrogens with two attached hydrogens (primary N) is 1. The number of piperazine rings is 1. The average molecular weight is 388 g/mol. The van der Waals surface area contributed by atoms with Gasteiger partial charge in [-0.25, -0.2) is 0 Å². The fourth-order valence-corrected chi connectivity index (χ4v) is 5.08. The van der Waals surface area contributed by atoms with Crippen LogP contribution in [0.2, 0.25) is 0 Å². The van der Waals surface area contributed by atoms with Gasteiger partial charge in [0.1, 0.15) is 0 Å². The second-order valence-corrected chi connectivity index (χ2v) is 8.38. The van der Waals surface area contributed by atoms with Crippen LogP contribution in [0, 0.1) is 12.3 Å². The van der Waals surface area contributed by atoms with Gasteiger partial charge in [-0.15, -0.1) is 11.3 Å². The number of thiophene rings is 1. The Morgan fingerprint density at radius 3 is 2.22 bits per heavy atom. The summed E-state index contributed by atoms with van der Waals surface area (Å²) < 4.78 is 1.14. The van der Waals surface area contributed by atoms with Gasteiger partial charge in [-0.3, -0.25) is 9.59 Å². The number of hydrogen-bond donors (Lipinski definition) is 1. The van der Waals surface area contributed by atoms with Crippen LogP contribution in [0.15, 0.2) is 24.3 Å². The Balaban J connectivity index is 1.71. The smallest absolute Gasteiger partial charge is 0.264 e. The molecule has 2 N–H and O–H groups in total. The van der Waals surface area contributed by atoms with Crippen molar-refractivity contribution in [3.05, 3.63) is 34.7 Å². The lowest BCUT2D eigenvalue weighted by atomic mass is 9.81. The lowest BCUT2D eigenvalue weighted by molar-refractivity contribution is -0.143. The molecule has 146 valence electrons. The summed E-state index contributed by atoms with van der Waals surface area (Å²) in [6, 6.07) is 8.13. The molecule has 2 amide bonds. The molecule has 1 saturated heterocycles. The van der Waals surface area contributed by atoms with Gasteiger partial charge in [0.05, 0.1) is 10.3 Å². The molecule has 0 aliphatic carbocycles. The summed E-state index contributed by atoms with van der Waals surface area (Å²) >= 11 is 1.56. The molecule has 3 rings (SSSR count). The SMILES string of the molecule is CCC(CC)(CN)C(=O)N1CCN(C(=O)c2sc3ccccc3c2C)CC1. The number of amides is 2. The average Bonchev–Trinajstić information content (AvgIpc) is 3.06. The number of aryl methyl sites for hydroxylation is 1.